The number of aromatic carboxylic acids is 1. The molecule has 1 amide bonds. The van der Waals surface area contributed by atoms with Crippen molar-refractivity contribution in [3.63, 3.8) is 0 Å². The Kier molecular flexibility index (Phi) is 5.31. The molecule has 7 heteroatoms. The van der Waals surface area contributed by atoms with E-state index < -0.39 is 11.9 Å². The molecule has 0 bridgehead atoms. The molecule has 0 radical (unpaired) electrons. The molecule has 1 rings (SSSR count). The Labute approximate surface area is 105 Å². The number of aromatic nitrogens is 2. The summed E-state index contributed by atoms with van der Waals surface area (Å²) in [6.07, 6.45) is 1.20. The zero-order chi connectivity index (χ0) is 13.5. The van der Waals surface area contributed by atoms with Crippen LogP contribution in [0.3, 0.4) is 0 Å². The Morgan fingerprint density at radius 1 is 1.44 bits per heavy atom. The third kappa shape index (κ3) is 3.56. The largest absolute Gasteiger partial charge is 0.477 e. The standard InChI is InChI=1S/C11H18N4O3/c1-3-15(4-2)6-5-12-10(16)8-9(11(17)18)14-7-13-8/h7H,3-6H2,1-2H3,(H,12,16)(H,13,14)(H,17,18). The molecule has 1 heterocycles. The van der Waals surface area contributed by atoms with Crippen LogP contribution in [-0.2, 0) is 0 Å². The molecule has 100 valence electrons. The topological polar surface area (TPSA) is 98.3 Å². The predicted molar refractivity (Wildman–Crippen MR) is 65.7 cm³/mol. The van der Waals surface area contributed by atoms with E-state index in [1.54, 1.807) is 0 Å². The van der Waals surface area contributed by atoms with Gasteiger partial charge >= 0.3 is 5.97 Å². The smallest absolute Gasteiger partial charge is 0.354 e. The van der Waals surface area contributed by atoms with Crippen molar-refractivity contribution in [3.8, 4) is 0 Å². The number of carboxylic acid groups (broad SMARTS) is 1. The molecule has 1 aromatic heterocycles. The van der Waals surface area contributed by atoms with Crippen molar-refractivity contribution < 1.29 is 14.7 Å². The van der Waals surface area contributed by atoms with Gasteiger partial charge in [-0.3, -0.25) is 4.79 Å². The van der Waals surface area contributed by atoms with Crippen LogP contribution >= 0.6 is 0 Å². The molecule has 0 aliphatic rings. The molecule has 0 aliphatic heterocycles. The fourth-order valence-corrected chi connectivity index (χ4v) is 1.58. The minimum atomic E-state index is -1.19. The van der Waals surface area contributed by atoms with E-state index in [4.69, 9.17) is 5.11 Å². The van der Waals surface area contributed by atoms with Crippen LogP contribution in [0.4, 0.5) is 0 Å². The highest BCUT2D eigenvalue weighted by Gasteiger charge is 2.19. The van der Waals surface area contributed by atoms with Gasteiger partial charge in [-0.25, -0.2) is 9.78 Å². The van der Waals surface area contributed by atoms with Gasteiger partial charge in [0.15, 0.2) is 11.4 Å². The number of likely N-dealkylation sites (N-methyl/N-ethyl adjacent to an activating group) is 1. The Bertz CT molecular complexity index is 412. The molecule has 0 fully saturated rings. The van der Waals surface area contributed by atoms with Crippen LogP contribution in [-0.4, -0.2) is 58.0 Å². The molecule has 3 N–H and O–H groups in total. The summed E-state index contributed by atoms with van der Waals surface area (Å²) in [5.41, 5.74) is -0.266. The second-order valence-corrected chi connectivity index (χ2v) is 3.71. The zero-order valence-electron chi connectivity index (χ0n) is 10.6. The van der Waals surface area contributed by atoms with Gasteiger partial charge in [0, 0.05) is 13.1 Å². The summed E-state index contributed by atoms with van der Waals surface area (Å²) in [5.74, 6) is -1.66. The second-order valence-electron chi connectivity index (χ2n) is 3.71. The third-order valence-electron chi connectivity index (χ3n) is 2.68. The number of hydrogen-bond donors (Lipinski definition) is 3. The first-order valence-corrected chi connectivity index (χ1v) is 5.87. The number of amides is 1. The highest BCUT2D eigenvalue weighted by Crippen LogP contribution is 2.02. The van der Waals surface area contributed by atoms with Crippen molar-refractivity contribution in [2.75, 3.05) is 26.2 Å². The molecule has 0 aromatic carbocycles. The number of aromatic amines is 1. The second kappa shape index (κ2) is 6.75. The van der Waals surface area contributed by atoms with Crippen molar-refractivity contribution in [2.24, 2.45) is 0 Å². The number of carbonyl (C=O) groups is 2. The van der Waals surface area contributed by atoms with E-state index in [1.807, 2.05) is 13.8 Å². The third-order valence-corrected chi connectivity index (χ3v) is 2.68. The quantitative estimate of drug-likeness (QED) is 0.644. The zero-order valence-corrected chi connectivity index (χ0v) is 10.6. The molecule has 0 aliphatic carbocycles. The van der Waals surface area contributed by atoms with Gasteiger partial charge < -0.3 is 20.3 Å². The van der Waals surface area contributed by atoms with Crippen molar-refractivity contribution >= 4 is 11.9 Å². The Hall–Kier alpha value is -1.89. The summed E-state index contributed by atoms with van der Waals surface area (Å²) >= 11 is 0. The average Bonchev–Trinajstić information content (AvgIpc) is 2.83. The van der Waals surface area contributed by atoms with Crippen LogP contribution in [0.2, 0.25) is 0 Å². The van der Waals surface area contributed by atoms with Gasteiger partial charge in [-0.15, -0.1) is 0 Å². The number of hydrogen-bond acceptors (Lipinski definition) is 4. The van der Waals surface area contributed by atoms with E-state index >= 15 is 0 Å². The Morgan fingerprint density at radius 2 is 2.11 bits per heavy atom. The lowest BCUT2D eigenvalue weighted by atomic mass is 10.3. The number of H-pyrrole nitrogens is 1. The predicted octanol–water partition coefficient (Wildman–Crippen LogP) is 0.180. The normalized spacial score (nSPS) is 10.6. The molecule has 0 spiro atoms. The van der Waals surface area contributed by atoms with Gasteiger partial charge in [-0.2, -0.15) is 0 Å². The fraction of sp³-hybridized carbons (Fsp3) is 0.545. The average molecular weight is 254 g/mol. The van der Waals surface area contributed by atoms with E-state index in [1.165, 1.54) is 6.33 Å². The van der Waals surface area contributed by atoms with Crippen LogP contribution in [0, 0.1) is 0 Å². The fourth-order valence-electron chi connectivity index (χ4n) is 1.58. The van der Waals surface area contributed by atoms with Gasteiger partial charge in [0.2, 0.25) is 0 Å². The van der Waals surface area contributed by atoms with Crippen molar-refractivity contribution in [1.29, 1.82) is 0 Å². The number of rotatable bonds is 7. The SMILES string of the molecule is CCN(CC)CCNC(=O)c1nc[nH]c1C(=O)O. The van der Waals surface area contributed by atoms with Gasteiger partial charge in [-0.1, -0.05) is 13.8 Å². The minimum absolute atomic E-state index is 0.0814. The van der Waals surface area contributed by atoms with E-state index in [0.717, 1.165) is 19.6 Å². The lowest BCUT2D eigenvalue weighted by Crippen LogP contribution is -2.35. The lowest BCUT2D eigenvalue weighted by molar-refractivity contribution is 0.0685. The number of nitrogens with zero attached hydrogens (tertiary/aromatic N) is 2. The molecule has 7 nitrogen and oxygen atoms in total. The van der Waals surface area contributed by atoms with Crippen molar-refractivity contribution in [2.45, 2.75) is 13.8 Å². The van der Waals surface area contributed by atoms with Crippen LogP contribution in [0.5, 0.6) is 0 Å². The maximum Gasteiger partial charge on any atom is 0.354 e. The minimum Gasteiger partial charge on any atom is -0.477 e. The maximum atomic E-state index is 11.7. The van der Waals surface area contributed by atoms with Gasteiger partial charge in [0.05, 0.1) is 6.33 Å². The van der Waals surface area contributed by atoms with E-state index in [9.17, 15) is 9.59 Å². The van der Waals surface area contributed by atoms with Crippen LogP contribution in [0.15, 0.2) is 6.33 Å². The molecule has 0 saturated heterocycles. The molecular weight excluding hydrogens is 236 g/mol. The van der Waals surface area contributed by atoms with E-state index in [2.05, 4.69) is 20.2 Å². The molecule has 0 atom stereocenters. The lowest BCUT2D eigenvalue weighted by Gasteiger charge is -2.17. The first kappa shape index (κ1) is 14.2. The summed E-state index contributed by atoms with van der Waals surface area (Å²) in [7, 11) is 0. The van der Waals surface area contributed by atoms with Crippen molar-refractivity contribution in [1.82, 2.24) is 20.2 Å². The van der Waals surface area contributed by atoms with Gasteiger partial charge in [0.25, 0.3) is 5.91 Å². The molecular formula is C11H18N4O3. The summed E-state index contributed by atoms with van der Waals surface area (Å²) in [6.45, 7) is 7.10. The molecule has 0 saturated carbocycles. The summed E-state index contributed by atoms with van der Waals surface area (Å²) in [4.78, 5) is 30.8. The maximum absolute atomic E-state index is 11.7. The highest BCUT2D eigenvalue weighted by molar-refractivity contribution is 6.02. The van der Waals surface area contributed by atoms with Gasteiger partial charge in [-0.05, 0) is 13.1 Å². The monoisotopic (exact) mass is 254 g/mol. The van der Waals surface area contributed by atoms with Crippen LogP contribution in [0.25, 0.3) is 0 Å². The number of carboxylic acids is 1. The first-order chi connectivity index (χ1) is 8.60. The molecule has 0 unspecified atom stereocenters. The number of nitrogens with one attached hydrogen (secondary N) is 2. The van der Waals surface area contributed by atoms with Crippen molar-refractivity contribution in [3.05, 3.63) is 17.7 Å². The van der Waals surface area contributed by atoms with E-state index in [0.29, 0.717) is 6.54 Å². The number of carbonyl (C=O) groups excluding carboxylic acids is 1. The summed E-state index contributed by atoms with van der Waals surface area (Å²) < 4.78 is 0. The Balaban J connectivity index is 2.50. The highest BCUT2D eigenvalue weighted by atomic mass is 16.4. The first-order valence-electron chi connectivity index (χ1n) is 5.87. The van der Waals surface area contributed by atoms with E-state index in [-0.39, 0.29) is 11.4 Å². The summed E-state index contributed by atoms with van der Waals surface area (Å²) in [5, 5.41) is 11.5. The van der Waals surface area contributed by atoms with Gasteiger partial charge in [0.1, 0.15) is 0 Å². The molecule has 18 heavy (non-hydrogen) atoms. The van der Waals surface area contributed by atoms with Crippen LogP contribution in [0.1, 0.15) is 34.8 Å². The summed E-state index contributed by atoms with van der Waals surface area (Å²) in [6, 6.07) is 0. The Morgan fingerprint density at radius 3 is 2.67 bits per heavy atom. The molecule has 1 aromatic rings. The van der Waals surface area contributed by atoms with Crippen LogP contribution < -0.4 is 5.32 Å². The number of imidazole rings is 1.